The SMILES string of the molecule is Cc1ccc(CNS(=O)(=O)Cc2ccc(Cl)cc2)o1. The Labute approximate surface area is 117 Å². The van der Waals surface area contributed by atoms with Crippen LogP contribution in [0.3, 0.4) is 0 Å². The number of furan rings is 1. The summed E-state index contributed by atoms with van der Waals surface area (Å²) in [6.07, 6.45) is 0. The third-order valence-electron chi connectivity index (χ3n) is 2.53. The molecule has 0 radical (unpaired) electrons. The number of sulfonamides is 1. The van der Waals surface area contributed by atoms with Gasteiger partial charge in [0.2, 0.25) is 10.0 Å². The number of nitrogens with one attached hydrogen (secondary N) is 1. The van der Waals surface area contributed by atoms with Crippen LogP contribution >= 0.6 is 11.6 Å². The van der Waals surface area contributed by atoms with Crippen LogP contribution in [0.2, 0.25) is 5.02 Å². The van der Waals surface area contributed by atoms with E-state index in [-0.39, 0.29) is 12.3 Å². The Morgan fingerprint density at radius 2 is 1.84 bits per heavy atom. The summed E-state index contributed by atoms with van der Waals surface area (Å²) in [5, 5.41) is 0.583. The maximum absolute atomic E-state index is 11.9. The van der Waals surface area contributed by atoms with E-state index in [9.17, 15) is 8.42 Å². The van der Waals surface area contributed by atoms with Gasteiger partial charge >= 0.3 is 0 Å². The molecule has 0 aliphatic rings. The highest BCUT2D eigenvalue weighted by Crippen LogP contribution is 2.12. The van der Waals surface area contributed by atoms with Crippen LogP contribution in [-0.4, -0.2) is 8.42 Å². The third kappa shape index (κ3) is 4.38. The molecule has 2 aromatic rings. The fraction of sp³-hybridized carbons (Fsp3) is 0.231. The summed E-state index contributed by atoms with van der Waals surface area (Å²) in [7, 11) is -3.39. The molecular weight excluding hydrogens is 286 g/mol. The molecule has 0 aliphatic carbocycles. The second-order valence-corrected chi connectivity index (χ2v) is 6.46. The van der Waals surface area contributed by atoms with Gasteiger partial charge in [0.25, 0.3) is 0 Å². The van der Waals surface area contributed by atoms with Crippen LogP contribution in [0.4, 0.5) is 0 Å². The van der Waals surface area contributed by atoms with Gasteiger partial charge in [-0.05, 0) is 36.8 Å². The average Bonchev–Trinajstić information content (AvgIpc) is 2.76. The van der Waals surface area contributed by atoms with Gasteiger partial charge in [-0.2, -0.15) is 0 Å². The van der Waals surface area contributed by atoms with Gasteiger partial charge < -0.3 is 4.42 Å². The van der Waals surface area contributed by atoms with Crippen molar-refractivity contribution in [3.05, 3.63) is 58.5 Å². The minimum atomic E-state index is -3.39. The van der Waals surface area contributed by atoms with Crippen molar-refractivity contribution in [2.75, 3.05) is 0 Å². The van der Waals surface area contributed by atoms with Crippen molar-refractivity contribution in [2.45, 2.75) is 19.2 Å². The number of rotatable bonds is 5. The molecule has 1 aromatic carbocycles. The molecule has 0 spiro atoms. The molecule has 6 heteroatoms. The minimum Gasteiger partial charge on any atom is -0.465 e. The van der Waals surface area contributed by atoms with Gasteiger partial charge in [0.05, 0.1) is 12.3 Å². The molecule has 0 fully saturated rings. The van der Waals surface area contributed by atoms with E-state index in [2.05, 4.69) is 4.72 Å². The zero-order valence-electron chi connectivity index (χ0n) is 10.4. The lowest BCUT2D eigenvalue weighted by molar-refractivity contribution is 0.475. The molecule has 0 atom stereocenters. The normalized spacial score (nSPS) is 11.7. The summed E-state index contributed by atoms with van der Waals surface area (Å²) in [5.41, 5.74) is 0.688. The van der Waals surface area contributed by atoms with Crippen molar-refractivity contribution >= 4 is 21.6 Å². The molecule has 19 heavy (non-hydrogen) atoms. The van der Waals surface area contributed by atoms with Crippen molar-refractivity contribution in [1.29, 1.82) is 0 Å². The number of halogens is 1. The van der Waals surface area contributed by atoms with Crippen molar-refractivity contribution < 1.29 is 12.8 Å². The number of benzene rings is 1. The number of aryl methyl sites for hydroxylation is 1. The molecule has 0 aliphatic heterocycles. The van der Waals surface area contributed by atoms with Gasteiger partial charge in [0.1, 0.15) is 11.5 Å². The third-order valence-corrected chi connectivity index (χ3v) is 4.08. The van der Waals surface area contributed by atoms with Crippen LogP contribution in [0.15, 0.2) is 40.8 Å². The zero-order valence-corrected chi connectivity index (χ0v) is 12.0. The predicted molar refractivity (Wildman–Crippen MR) is 74.4 cm³/mol. The predicted octanol–water partition coefficient (Wildman–Crippen LogP) is 2.86. The summed E-state index contributed by atoms with van der Waals surface area (Å²) >= 11 is 5.75. The van der Waals surface area contributed by atoms with Crippen molar-refractivity contribution in [3.63, 3.8) is 0 Å². The number of hydrogen-bond acceptors (Lipinski definition) is 3. The summed E-state index contributed by atoms with van der Waals surface area (Å²) < 4.78 is 31.6. The standard InChI is InChI=1S/C13H14ClNO3S/c1-10-2-7-13(18-10)8-15-19(16,17)9-11-3-5-12(14)6-4-11/h2-7,15H,8-9H2,1H3. The topological polar surface area (TPSA) is 59.3 Å². The Bertz CT molecular complexity index is 647. The Balaban J connectivity index is 1.97. The number of hydrogen-bond donors (Lipinski definition) is 1. The van der Waals surface area contributed by atoms with Gasteiger partial charge in [0, 0.05) is 5.02 Å². The van der Waals surface area contributed by atoms with Crippen LogP contribution in [0, 0.1) is 6.92 Å². The monoisotopic (exact) mass is 299 g/mol. The highest BCUT2D eigenvalue weighted by atomic mass is 35.5. The maximum atomic E-state index is 11.9. The van der Waals surface area contributed by atoms with E-state index in [0.29, 0.717) is 16.3 Å². The van der Waals surface area contributed by atoms with E-state index >= 15 is 0 Å². The van der Waals surface area contributed by atoms with Crippen LogP contribution in [-0.2, 0) is 22.3 Å². The van der Waals surface area contributed by atoms with Gasteiger partial charge in [0.15, 0.2) is 0 Å². The first-order valence-electron chi connectivity index (χ1n) is 5.72. The highest BCUT2D eigenvalue weighted by Gasteiger charge is 2.12. The fourth-order valence-corrected chi connectivity index (χ4v) is 2.83. The van der Waals surface area contributed by atoms with E-state index in [0.717, 1.165) is 5.76 Å². The van der Waals surface area contributed by atoms with E-state index in [1.54, 1.807) is 36.4 Å². The second kappa shape index (κ2) is 5.77. The van der Waals surface area contributed by atoms with Crippen LogP contribution < -0.4 is 4.72 Å². The molecule has 0 saturated carbocycles. The average molecular weight is 300 g/mol. The molecule has 0 saturated heterocycles. The second-order valence-electron chi connectivity index (χ2n) is 4.22. The molecule has 102 valence electrons. The molecule has 0 bridgehead atoms. The first kappa shape index (κ1) is 14.1. The summed E-state index contributed by atoms with van der Waals surface area (Å²) in [6, 6.07) is 10.3. The Hall–Kier alpha value is -1.30. The molecule has 0 unspecified atom stereocenters. The first-order valence-corrected chi connectivity index (χ1v) is 7.75. The molecule has 2 rings (SSSR count). The van der Waals surface area contributed by atoms with Crippen LogP contribution in [0.1, 0.15) is 17.1 Å². The van der Waals surface area contributed by atoms with Crippen LogP contribution in [0.5, 0.6) is 0 Å². The Morgan fingerprint density at radius 1 is 1.16 bits per heavy atom. The molecule has 1 aromatic heterocycles. The van der Waals surface area contributed by atoms with Crippen molar-refractivity contribution in [1.82, 2.24) is 4.72 Å². The summed E-state index contributed by atoms with van der Waals surface area (Å²) in [6.45, 7) is 1.97. The minimum absolute atomic E-state index is 0.0795. The highest BCUT2D eigenvalue weighted by molar-refractivity contribution is 7.88. The lowest BCUT2D eigenvalue weighted by Gasteiger charge is -2.05. The quantitative estimate of drug-likeness (QED) is 0.923. The van der Waals surface area contributed by atoms with E-state index in [1.807, 2.05) is 6.92 Å². The van der Waals surface area contributed by atoms with Gasteiger partial charge in [-0.15, -0.1) is 0 Å². The van der Waals surface area contributed by atoms with Gasteiger partial charge in [-0.25, -0.2) is 13.1 Å². The molecular formula is C13H14ClNO3S. The lowest BCUT2D eigenvalue weighted by atomic mass is 10.2. The fourth-order valence-electron chi connectivity index (χ4n) is 1.61. The zero-order chi connectivity index (χ0) is 13.9. The molecule has 4 nitrogen and oxygen atoms in total. The van der Waals surface area contributed by atoms with E-state index in [4.69, 9.17) is 16.0 Å². The lowest BCUT2D eigenvalue weighted by Crippen LogP contribution is -2.24. The summed E-state index contributed by atoms with van der Waals surface area (Å²) in [5.74, 6) is 1.27. The van der Waals surface area contributed by atoms with Crippen LogP contribution in [0.25, 0.3) is 0 Å². The Morgan fingerprint density at radius 3 is 2.42 bits per heavy atom. The summed E-state index contributed by atoms with van der Waals surface area (Å²) in [4.78, 5) is 0. The van der Waals surface area contributed by atoms with E-state index < -0.39 is 10.0 Å². The van der Waals surface area contributed by atoms with E-state index in [1.165, 1.54) is 0 Å². The molecule has 0 amide bonds. The van der Waals surface area contributed by atoms with Gasteiger partial charge in [-0.3, -0.25) is 0 Å². The largest absolute Gasteiger partial charge is 0.465 e. The molecule has 1 N–H and O–H groups in total. The Kier molecular flexibility index (Phi) is 4.29. The molecule has 1 heterocycles. The smallest absolute Gasteiger partial charge is 0.216 e. The van der Waals surface area contributed by atoms with Gasteiger partial charge in [-0.1, -0.05) is 23.7 Å². The van der Waals surface area contributed by atoms with Crippen molar-refractivity contribution in [3.8, 4) is 0 Å². The maximum Gasteiger partial charge on any atom is 0.216 e. The first-order chi connectivity index (χ1) is 8.94. The van der Waals surface area contributed by atoms with Crippen molar-refractivity contribution in [2.24, 2.45) is 0 Å².